The van der Waals surface area contributed by atoms with Gasteiger partial charge in [-0.2, -0.15) is 0 Å². The number of non-ortho nitro benzene ring substituents is 1. The topological polar surface area (TPSA) is 87.9 Å². The lowest BCUT2D eigenvalue weighted by Gasteiger charge is -2.11. The van der Waals surface area contributed by atoms with Crippen molar-refractivity contribution in [1.29, 1.82) is 0 Å². The Balaban J connectivity index is 2.30. The van der Waals surface area contributed by atoms with Gasteiger partial charge in [-0.3, -0.25) is 10.1 Å². The van der Waals surface area contributed by atoms with Crippen LogP contribution in [0.3, 0.4) is 0 Å². The monoisotopic (exact) mass is 295 g/mol. The molecule has 0 bridgehead atoms. The van der Waals surface area contributed by atoms with Crippen molar-refractivity contribution in [1.82, 2.24) is 0 Å². The van der Waals surface area contributed by atoms with Gasteiger partial charge in [0, 0.05) is 6.07 Å². The van der Waals surface area contributed by atoms with Crippen LogP contribution in [0.1, 0.15) is 6.92 Å². The molecule has 0 N–H and O–H groups in total. The lowest BCUT2D eigenvalue weighted by atomic mass is 10.3. The highest BCUT2D eigenvalue weighted by atomic mass is 16.6. The predicted octanol–water partition coefficient (Wildman–Crippen LogP) is 2.11. The molecular weight excluding hydrogens is 278 g/mol. The van der Waals surface area contributed by atoms with Gasteiger partial charge in [0.05, 0.1) is 17.6 Å². The van der Waals surface area contributed by atoms with E-state index in [-0.39, 0.29) is 25.5 Å². The number of nitrogens with zero attached hydrogens (tertiary/aromatic N) is 1. The molecule has 0 spiro atoms. The lowest BCUT2D eigenvalue weighted by Crippen LogP contribution is -2.25. The van der Waals surface area contributed by atoms with Crippen molar-refractivity contribution in [3.8, 4) is 5.75 Å². The van der Waals surface area contributed by atoms with E-state index in [1.165, 1.54) is 24.3 Å². The number of nitro groups is 1. The Morgan fingerprint density at radius 2 is 2.24 bits per heavy atom. The van der Waals surface area contributed by atoms with Gasteiger partial charge in [-0.15, -0.1) is 6.58 Å². The van der Waals surface area contributed by atoms with E-state index < -0.39 is 17.0 Å². The third-order valence-electron chi connectivity index (χ3n) is 2.42. The minimum atomic E-state index is -0.680. The maximum Gasteiger partial charge on any atom is 0.335 e. The van der Waals surface area contributed by atoms with Crippen molar-refractivity contribution >= 4 is 11.7 Å². The van der Waals surface area contributed by atoms with E-state index in [9.17, 15) is 14.9 Å². The van der Waals surface area contributed by atoms with Gasteiger partial charge >= 0.3 is 5.97 Å². The van der Waals surface area contributed by atoms with Crippen LogP contribution in [0.5, 0.6) is 5.75 Å². The SMILES string of the molecule is C=CCOC(C)C(=O)OCCOc1cccc([N+](=O)[O-])c1. The fourth-order valence-electron chi connectivity index (χ4n) is 1.39. The number of ether oxygens (including phenoxy) is 3. The Labute approximate surface area is 122 Å². The average molecular weight is 295 g/mol. The molecule has 0 aliphatic heterocycles. The zero-order valence-electron chi connectivity index (χ0n) is 11.7. The van der Waals surface area contributed by atoms with Crippen molar-refractivity contribution < 1.29 is 23.9 Å². The first-order valence-electron chi connectivity index (χ1n) is 6.31. The van der Waals surface area contributed by atoms with Crippen LogP contribution in [0.25, 0.3) is 0 Å². The zero-order valence-corrected chi connectivity index (χ0v) is 11.7. The van der Waals surface area contributed by atoms with Gasteiger partial charge < -0.3 is 14.2 Å². The third kappa shape index (κ3) is 6.05. The summed E-state index contributed by atoms with van der Waals surface area (Å²) < 4.78 is 15.3. The largest absolute Gasteiger partial charge is 0.490 e. The van der Waals surface area contributed by atoms with E-state index in [1.54, 1.807) is 13.0 Å². The maximum atomic E-state index is 11.5. The first-order chi connectivity index (χ1) is 10.0. The number of hydrogen-bond acceptors (Lipinski definition) is 6. The molecule has 114 valence electrons. The minimum absolute atomic E-state index is 0.0311. The highest BCUT2D eigenvalue weighted by Gasteiger charge is 2.14. The van der Waals surface area contributed by atoms with Crippen molar-refractivity contribution in [2.75, 3.05) is 19.8 Å². The normalized spacial score (nSPS) is 11.5. The Morgan fingerprint density at radius 3 is 2.90 bits per heavy atom. The number of hydrogen-bond donors (Lipinski definition) is 0. The molecule has 0 amide bonds. The zero-order chi connectivity index (χ0) is 15.7. The Kier molecular flexibility index (Phi) is 6.90. The molecule has 21 heavy (non-hydrogen) atoms. The van der Waals surface area contributed by atoms with Gasteiger partial charge in [0.15, 0.2) is 6.10 Å². The molecule has 1 rings (SSSR count). The van der Waals surface area contributed by atoms with Crippen LogP contribution < -0.4 is 4.74 Å². The highest BCUT2D eigenvalue weighted by Crippen LogP contribution is 2.18. The second-order valence-corrected chi connectivity index (χ2v) is 4.03. The van der Waals surface area contributed by atoms with Crippen LogP contribution in [0.15, 0.2) is 36.9 Å². The van der Waals surface area contributed by atoms with Crippen molar-refractivity contribution in [3.63, 3.8) is 0 Å². The number of rotatable bonds is 9. The van der Waals surface area contributed by atoms with Crippen LogP contribution in [-0.2, 0) is 14.3 Å². The Bertz CT molecular complexity index is 502. The molecular formula is C14H17NO6. The summed E-state index contributed by atoms with van der Waals surface area (Å²) in [5.41, 5.74) is -0.0593. The van der Waals surface area contributed by atoms with E-state index in [1.807, 2.05) is 0 Å². The highest BCUT2D eigenvalue weighted by molar-refractivity contribution is 5.74. The molecule has 0 saturated carbocycles. The van der Waals surface area contributed by atoms with Crippen molar-refractivity contribution in [2.45, 2.75) is 13.0 Å². The van der Waals surface area contributed by atoms with Crippen molar-refractivity contribution in [3.05, 3.63) is 47.0 Å². The van der Waals surface area contributed by atoms with Gasteiger partial charge in [-0.25, -0.2) is 4.79 Å². The molecule has 0 heterocycles. The molecule has 0 aliphatic rings. The summed E-state index contributed by atoms with van der Waals surface area (Å²) in [5.74, 6) is -0.157. The van der Waals surface area contributed by atoms with E-state index in [0.29, 0.717) is 5.75 Å². The van der Waals surface area contributed by atoms with Crippen LogP contribution in [0.2, 0.25) is 0 Å². The van der Waals surface area contributed by atoms with E-state index >= 15 is 0 Å². The molecule has 0 saturated heterocycles. The summed E-state index contributed by atoms with van der Waals surface area (Å²) in [6.45, 7) is 5.45. The summed E-state index contributed by atoms with van der Waals surface area (Å²) in [6, 6.07) is 5.78. The second kappa shape index (κ2) is 8.70. The predicted molar refractivity (Wildman–Crippen MR) is 75.2 cm³/mol. The fraction of sp³-hybridized carbons (Fsp3) is 0.357. The van der Waals surface area contributed by atoms with E-state index in [2.05, 4.69) is 6.58 Å². The van der Waals surface area contributed by atoms with Crippen LogP contribution in [-0.4, -0.2) is 36.8 Å². The van der Waals surface area contributed by atoms with Gasteiger partial charge in [-0.1, -0.05) is 12.1 Å². The molecule has 0 aliphatic carbocycles. The van der Waals surface area contributed by atoms with Gasteiger partial charge in [-0.05, 0) is 13.0 Å². The van der Waals surface area contributed by atoms with Gasteiger partial charge in [0.2, 0.25) is 0 Å². The molecule has 1 atom stereocenters. The molecule has 1 unspecified atom stereocenters. The summed E-state index contributed by atoms with van der Waals surface area (Å²) >= 11 is 0. The van der Waals surface area contributed by atoms with Crippen LogP contribution >= 0.6 is 0 Å². The van der Waals surface area contributed by atoms with E-state index in [0.717, 1.165) is 0 Å². The number of esters is 1. The van der Waals surface area contributed by atoms with Gasteiger partial charge in [0.1, 0.15) is 19.0 Å². The summed E-state index contributed by atoms with van der Waals surface area (Å²) in [7, 11) is 0. The van der Waals surface area contributed by atoms with Crippen LogP contribution in [0.4, 0.5) is 5.69 Å². The summed E-state index contributed by atoms with van der Waals surface area (Å²) in [5, 5.41) is 10.6. The molecule has 0 aromatic heterocycles. The first kappa shape index (κ1) is 16.6. The molecule has 0 radical (unpaired) electrons. The van der Waals surface area contributed by atoms with E-state index in [4.69, 9.17) is 14.2 Å². The third-order valence-corrected chi connectivity index (χ3v) is 2.42. The quantitative estimate of drug-likeness (QED) is 0.228. The van der Waals surface area contributed by atoms with Crippen molar-refractivity contribution in [2.24, 2.45) is 0 Å². The average Bonchev–Trinajstić information content (AvgIpc) is 2.49. The lowest BCUT2D eigenvalue weighted by molar-refractivity contribution is -0.384. The molecule has 7 nitrogen and oxygen atoms in total. The summed E-state index contributed by atoms with van der Waals surface area (Å²) in [4.78, 5) is 21.6. The second-order valence-electron chi connectivity index (χ2n) is 4.03. The first-order valence-corrected chi connectivity index (χ1v) is 6.31. The smallest absolute Gasteiger partial charge is 0.335 e. The number of carbonyl (C=O) groups is 1. The molecule has 1 aromatic carbocycles. The molecule has 7 heteroatoms. The standard InChI is InChI=1S/C14H17NO6/c1-3-7-19-11(2)14(16)21-9-8-20-13-6-4-5-12(10-13)15(17)18/h3-6,10-11H,1,7-9H2,2H3. The number of carbonyl (C=O) groups excluding carboxylic acids is 1. The molecule has 0 fully saturated rings. The number of benzene rings is 1. The fourth-order valence-corrected chi connectivity index (χ4v) is 1.39. The van der Waals surface area contributed by atoms with Gasteiger partial charge in [0.25, 0.3) is 5.69 Å². The Hall–Kier alpha value is -2.41. The maximum absolute atomic E-state index is 11.5. The van der Waals surface area contributed by atoms with Crippen LogP contribution in [0, 0.1) is 10.1 Å². The Morgan fingerprint density at radius 1 is 1.48 bits per heavy atom. The number of nitro benzene ring substituents is 1. The summed E-state index contributed by atoms with van der Waals surface area (Å²) in [6.07, 6.45) is 0.857. The minimum Gasteiger partial charge on any atom is -0.490 e. The molecule has 1 aromatic rings.